The number of Topliss-reactive ketones (excluding diaryl/α,β-unsaturated/α-hetero) is 1. The number of ketones is 1. The molecule has 21 heavy (non-hydrogen) atoms. The average molecular weight is 296 g/mol. The molecule has 5 heteroatoms. The maximum absolute atomic E-state index is 10.9. The normalized spacial score (nSPS) is 11.9. The van der Waals surface area contributed by atoms with Crippen LogP contribution in [0.2, 0.25) is 0 Å². The van der Waals surface area contributed by atoms with Gasteiger partial charge < -0.3 is 14.9 Å². The van der Waals surface area contributed by atoms with Crippen LogP contribution in [0.4, 0.5) is 0 Å². The molecule has 0 aliphatic heterocycles. The summed E-state index contributed by atoms with van der Waals surface area (Å²) in [7, 11) is 0. The number of aliphatic hydroxyl groups is 1. The number of aliphatic hydroxyl groups excluding tert-OH is 1. The SMILES string of the molecule is CC(=O)c1ccc(OCC(C)O)cc1.CC(C)(C)C(=O)O. The van der Waals surface area contributed by atoms with Gasteiger partial charge in [-0.25, -0.2) is 0 Å². The third kappa shape index (κ3) is 8.81. The van der Waals surface area contributed by atoms with Crippen molar-refractivity contribution in [2.24, 2.45) is 5.41 Å². The molecule has 1 aromatic carbocycles. The van der Waals surface area contributed by atoms with Gasteiger partial charge in [0.1, 0.15) is 12.4 Å². The van der Waals surface area contributed by atoms with Crippen LogP contribution in [0.3, 0.4) is 0 Å². The molecule has 118 valence electrons. The zero-order valence-corrected chi connectivity index (χ0v) is 13.2. The highest BCUT2D eigenvalue weighted by Crippen LogP contribution is 2.12. The fourth-order valence-corrected chi connectivity index (χ4v) is 1.00. The molecule has 0 bridgehead atoms. The maximum Gasteiger partial charge on any atom is 0.308 e. The first-order valence-electron chi connectivity index (χ1n) is 6.69. The molecule has 0 aromatic heterocycles. The minimum absolute atomic E-state index is 0.0343. The highest BCUT2D eigenvalue weighted by Gasteiger charge is 2.18. The van der Waals surface area contributed by atoms with Crippen molar-refractivity contribution in [3.05, 3.63) is 29.8 Å². The number of hydrogen-bond donors (Lipinski definition) is 2. The Morgan fingerprint density at radius 2 is 1.62 bits per heavy atom. The lowest BCUT2D eigenvalue weighted by Gasteiger charge is -2.08. The van der Waals surface area contributed by atoms with Gasteiger partial charge in [0.15, 0.2) is 5.78 Å². The summed E-state index contributed by atoms with van der Waals surface area (Å²) in [6.45, 7) is 8.43. The molecule has 1 aromatic rings. The van der Waals surface area contributed by atoms with Crippen LogP contribution in [-0.4, -0.2) is 34.7 Å². The van der Waals surface area contributed by atoms with Crippen LogP contribution in [0, 0.1) is 5.41 Å². The zero-order valence-electron chi connectivity index (χ0n) is 13.2. The molecule has 0 radical (unpaired) electrons. The van der Waals surface area contributed by atoms with Gasteiger partial charge in [-0.1, -0.05) is 0 Å². The van der Waals surface area contributed by atoms with E-state index in [1.165, 1.54) is 6.92 Å². The third-order valence-corrected chi connectivity index (χ3v) is 2.39. The minimum Gasteiger partial charge on any atom is -0.491 e. The molecule has 0 saturated heterocycles. The monoisotopic (exact) mass is 296 g/mol. The molecule has 0 amide bonds. The summed E-state index contributed by atoms with van der Waals surface area (Å²) in [6.07, 6.45) is -0.484. The lowest BCUT2D eigenvalue weighted by molar-refractivity contribution is -0.145. The van der Waals surface area contributed by atoms with Gasteiger partial charge >= 0.3 is 5.97 Å². The Morgan fingerprint density at radius 1 is 1.19 bits per heavy atom. The van der Waals surface area contributed by atoms with Gasteiger partial charge in [-0.05, 0) is 58.9 Å². The molecule has 2 N–H and O–H groups in total. The van der Waals surface area contributed by atoms with E-state index >= 15 is 0 Å². The van der Waals surface area contributed by atoms with E-state index in [-0.39, 0.29) is 12.4 Å². The Bertz CT molecular complexity index is 455. The lowest BCUT2D eigenvalue weighted by Crippen LogP contribution is -2.18. The van der Waals surface area contributed by atoms with Crippen LogP contribution in [-0.2, 0) is 4.79 Å². The van der Waals surface area contributed by atoms with Crippen molar-refractivity contribution in [3.63, 3.8) is 0 Å². The van der Waals surface area contributed by atoms with Crippen LogP contribution in [0.15, 0.2) is 24.3 Å². The molecule has 0 spiro atoms. The van der Waals surface area contributed by atoms with Crippen molar-refractivity contribution in [2.45, 2.75) is 40.7 Å². The number of benzene rings is 1. The molecule has 1 unspecified atom stereocenters. The Balaban J connectivity index is 0.000000486. The van der Waals surface area contributed by atoms with E-state index in [0.717, 1.165) is 0 Å². The Labute approximate surface area is 125 Å². The van der Waals surface area contributed by atoms with Gasteiger partial charge in [0.2, 0.25) is 0 Å². The Morgan fingerprint density at radius 3 is 1.90 bits per heavy atom. The van der Waals surface area contributed by atoms with Gasteiger partial charge in [-0.2, -0.15) is 0 Å². The number of carbonyl (C=O) groups excluding carboxylic acids is 1. The van der Waals surface area contributed by atoms with Crippen molar-refractivity contribution < 1.29 is 24.5 Å². The van der Waals surface area contributed by atoms with E-state index in [9.17, 15) is 9.59 Å². The van der Waals surface area contributed by atoms with E-state index < -0.39 is 17.5 Å². The predicted molar refractivity (Wildman–Crippen MR) is 80.7 cm³/mol. The molecule has 0 aliphatic carbocycles. The standard InChI is InChI=1S/C11H14O3.C5H10O2/c1-8(12)7-14-11-5-3-10(4-6-11)9(2)13;1-5(2,3)4(6)7/h3-6,8,12H,7H2,1-2H3;1-3H3,(H,6,7). The fourth-order valence-electron chi connectivity index (χ4n) is 1.00. The van der Waals surface area contributed by atoms with Gasteiger partial charge in [0, 0.05) is 5.56 Å². The molecule has 0 fully saturated rings. The summed E-state index contributed by atoms with van der Waals surface area (Å²) >= 11 is 0. The second-order valence-electron chi connectivity index (χ2n) is 5.80. The molecule has 0 heterocycles. The van der Waals surface area contributed by atoms with Crippen LogP contribution in [0.5, 0.6) is 5.75 Å². The number of ether oxygens (including phenoxy) is 1. The van der Waals surface area contributed by atoms with Gasteiger partial charge in [0.05, 0.1) is 11.5 Å². The Kier molecular flexibility index (Phi) is 7.66. The molecular weight excluding hydrogens is 272 g/mol. The highest BCUT2D eigenvalue weighted by molar-refractivity contribution is 5.94. The summed E-state index contributed by atoms with van der Waals surface area (Å²) in [4.78, 5) is 21.0. The number of rotatable bonds is 4. The third-order valence-electron chi connectivity index (χ3n) is 2.39. The van der Waals surface area contributed by atoms with Gasteiger partial charge in [-0.15, -0.1) is 0 Å². The van der Waals surface area contributed by atoms with Crippen molar-refractivity contribution in [1.82, 2.24) is 0 Å². The van der Waals surface area contributed by atoms with Crippen molar-refractivity contribution >= 4 is 11.8 Å². The number of carbonyl (C=O) groups is 2. The topological polar surface area (TPSA) is 83.8 Å². The zero-order chi connectivity index (χ0) is 16.6. The van der Waals surface area contributed by atoms with E-state index in [0.29, 0.717) is 11.3 Å². The number of carboxylic acid groups (broad SMARTS) is 1. The maximum atomic E-state index is 10.9. The van der Waals surface area contributed by atoms with Gasteiger partial charge in [0.25, 0.3) is 0 Å². The van der Waals surface area contributed by atoms with E-state index in [2.05, 4.69) is 0 Å². The quantitative estimate of drug-likeness (QED) is 0.835. The number of hydrogen-bond acceptors (Lipinski definition) is 4. The molecule has 1 atom stereocenters. The first-order valence-corrected chi connectivity index (χ1v) is 6.69. The summed E-state index contributed by atoms with van der Waals surface area (Å²) < 4.78 is 5.24. The predicted octanol–water partition coefficient (Wildman–Crippen LogP) is 2.77. The number of aliphatic carboxylic acids is 1. The van der Waals surface area contributed by atoms with E-state index in [1.54, 1.807) is 52.0 Å². The van der Waals surface area contributed by atoms with Crippen LogP contribution in [0.1, 0.15) is 45.0 Å². The summed E-state index contributed by atoms with van der Waals surface area (Å²) in [6, 6.07) is 6.86. The van der Waals surface area contributed by atoms with E-state index in [1.807, 2.05) is 0 Å². The van der Waals surface area contributed by atoms with Crippen molar-refractivity contribution in [3.8, 4) is 5.75 Å². The second-order valence-corrected chi connectivity index (χ2v) is 5.80. The molecule has 0 saturated carbocycles. The van der Waals surface area contributed by atoms with Crippen LogP contribution < -0.4 is 4.74 Å². The first kappa shape index (κ1) is 19.1. The number of carboxylic acids is 1. The fraction of sp³-hybridized carbons (Fsp3) is 0.500. The molecule has 5 nitrogen and oxygen atoms in total. The largest absolute Gasteiger partial charge is 0.491 e. The first-order chi connectivity index (χ1) is 9.54. The van der Waals surface area contributed by atoms with Crippen LogP contribution in [0.25, 0.3) is 0 Å². The molecule has 0 aliphatic rings. The minimum atomic E-state index is -0.757. The summed E-state index contributed by atoms with van der Waals surface area (Å²) in [5.74, 6) is -0.0597. The molecule has 1 rings (SSSR count). The van der Waals surface area contributed by atoms with Crippen molar-refractivity contribution in [2.75, 3.05) is 6.61 Å². The smallest absolute Gasteiger partial charge is 0.308 e. The Hall–Kier alpha value is -1.88. The summed E-state index contributed by atoms with van der Waals surface area (Å²) in [5, 5.41) is 17.2. The van der Waals surface area contributed by atoms with Crippen molar-refractivity contribution in [1.29, 1.82) is 0 Å². The summed E-state index contributed by atoms with van der Waals surface area (Å²) in [5.41, 5.74) is 0.0781. The molecular formula is C16H24O5. The average Bonchev–Trinajstić information content (AvgIpc) is 2.36. The van der Waals surface area contributed by atoms with Gasteiger partial charge in [-0.3, -0.25) is 9.59 Å². The second kappa shape index (κ2) is 8.42. The van der Waals surface area contributed by atoms with Crippen LogP contribution >= 0.6 is 0 Å². The lowest BCUT2D eigenvalue weighted by atomic mass is 9.98. The van der Waals surface area contributed by atoms with E-state index in [4.69, 9.17) is 14.9 Å². The highest BCUT2D eigenvalue weighted by atomic mass is 16.5.